The topological polar surface area (TPSA) is 85.5 Å². The van der Waals surface area contributed by atoms with E-state index in [0.717, 1.165) is 32.1 Å². The van der Waals surface area contributed by atoms with E-state index in [9.17, 15) is 9.59 Å². The zero-order chi connectivity index (χ0) is 17.8. The highest BCUT2D eigenvalue weighted by molar-refractivity contribution is 5.83. The fraction of sp³-hybridized carbons (Fsp3) is 0.778. The highest BCUT2D eigenvalue weighted by Gasteiger charge is 2.62. The lowest BCUT2D eigenvalue weighted by atomic mass is 9.47. The maximum atomic E-state index is 13.3. The number of aromatic nitrogens is 2. The number of amides is 1. The first-order valence-electron chi connectivity index (χ1n) is 9.04. The van der Waals surface area contributed by atoms with Crippen LogP contribution in [0.2, 0.25) is 0 Å². The Labute approximate surface area is 147 Å². The molecule has 0 N–H and O–H groups in total. The Hall–Kier alpha value is -1.92. The van der Waals surface area contributed by atoms with Gasteiger partial charge in [-0.15, -0.1) is 0 Å². The molecule has 2 unspecified atom stereocenters. The number of ether oxygens (including phenoxy) is 1. The summed E-state index contributed by atoms with van der Waals surface area (Å²) in [6.45, 7) is 3.55. The van der Waals surface area contributed by atoms with E-state index in [-0.39, 0.29) is 11.9 Å². The average Bonchev–Trinajstić information content (AvgIpc) is 2.88. The van der Waals surface area contributed by atoms with Crippen LogP contribution in [-0.4, -0.2) is 39.6 Å². The standard InChI is InChI=1S/C18H25N3O4/c1-11-19-15(25-20-11)9-21(3)16(23)17-5-13-4-14(6-17)8-18(7-13,10-17)24-12(2)22/h13-14H,4-10H2,1-3H3. The lowest BCUT2D eigenvalue weighted by molar-refractivity contribution is -0.205. The number of esters is 1. The molecule has 136 valence electrons. The van der Waals surface area contributed by atoms with Gasteiger partial charge in [-0.2, -0.15) is 4.98 Å². The first-order valence-corrected chi connectivity index (χ1v) is 9.04. The summed E-state index contributed by atoms with van der Waals surface area (Å²) in [4.78, 5) is 30.9. The predicted molar refractivity (Wildman–Crippen MR) is 87.1 cm³/mol. The van der Waals surface area contributed by atoms with Crippen LogP contribution in [0.3, 0.4) is 0 Å². The summed E-state index contributed by atoms with van der Waals surface area (Å²) >= 11 is 0. The van der Waals surface area contributed by atoms with Crippen molar-refractivity contribution in [3.63, 3.8) is 0 Å². The molecule has 2 atom stereocenters. The summed E-state index contributed by atoms with van der Waals surface area (Å²) in [6, 6.07) is 0. The smallest absolute Gasteiger partial charge is 0.303 e. The second-order valence-corrected chi connectivity index (χ2v) is 8.41. The third kappa shape index (κ3) is 2.83. The van der Waals surface area contributed by atoms with Crippen LogP contribution in [0.1, 0.15) is 57.2 Å². The molecule has 1 heterocycles. The van der Waals surface area contributed by atoms with Gasteiger partial charge < -0.3 is 14.2 Å². The molecule has 5 rings (SSSR count). The van der Waals surface area contributed by atoms with Crippen LogP contribution in [0.15, 0.2) is 4.52 Å². The van der Waals surface area contributed by atoms with Gasteiger partial charge in [0.25, 0.3) is 0 Å². The van der Waals surface area contributed by atoms with Crippen molar-refractivity contribution in [1.82, 2.24) is 15.0 Å². The number of aryl methyl sites for hydroxylation is 1. The van der Waals surface area contributed by atoms with Gasteiger partial charge in [0, 0.05) is 20.4 Å². The van der Waals surface area contributed by atoms with E-state index < -0.39 is 11.0 Å². The zero-order valence-corrected chi connectivity index (χ0v) is 15.1. The molecule has 1 amide bonds. The Balaban J connectivity index is 1.56. The maximum absolute atomic E-state index is 13.3. The van der Waals surface area contributed by atoms with Crippen molar-refractivity contribution in [1.29, 1.82) is 0 Å². The molecule has 4 saturated carbocycles. The van der Waals surface area contributed by atoms with Crippen molar-refractivity contribution in [3.05, 3.63) is 11.7 Å². The molecule has 1 aromatic rings. The highest BCUT2D eigenvalue weighted by atomic mass is 16.6. The van der Waals surface area contributed by atoms with E-state index in [1.54, 1.807) is 18.9 Å². The monoisotopic (exact) mass is 347 g/mol. The van der Waals surface area contributed by atoms with Crippen molar-refractivity contribution >= 4 is 11.9 Å². The number of hydrogen-bond acceptors (Lipinski definition) is 6. The molecular formula is C18H25N3O4. The van der Waals surface area contributed by atoms with Gasteiger partial charge in [-0.1, -0.05) is 5.16 Å². The maximum Gasteiger partial charge on any atom is 0.303 e. The number of nitrogens with zero attached hydrogens (tertiary/aromatic N) is 3. The SMILES string of the molecule is CC(=O)OC12CC3CC(C1)CC(C(=O)N(C)Cc1nc(C)no1)(C3)C2. The molecule has 0 aromatic carbocycles. The van der Waals surface area contributed by atoms with Gasteiger partial charge in [-0.3, -0.25) is 9.59 Å². The number of hydrogen-bond donors (Lipinski definition) is 0. The lowest BCUT2D eigenvalue weighted by Crippen LogP contribution is -2.61. The molecule has 0 radical (unpaired) electrons. The quantitative estimate of drug-likeness (QED) is 0.777. The third-order valence-electron chi connectivity index (χ3n) is 6.11. The minimum atomic E-state index is -0.437. The Morgan fingerprint density at radius 2 is 1.96 bits per heavy atom. The Morgan fingerprint density at radius 3 is 2.52 bits per heavy atom. The molecule has 4 aliphatic carbocycles. The van der Waals surface area contributed by atoms with Crippen molar-refractivity contribution in [2.75, 3.05) is 7.05 Å². The molecule has 0 spiro atoms. The normalized spacial score (nSPS) is 35.6. The van der Waals surface area contributed by atoms with E-state index in [4.69, 9.17) is 9.26 Å². The highest BCUT2D eigenvalue weighted by Crippen LogP contribution is 2.63. The Kier molecular flexibility index (Phi) is 3.67. The van der Waals surface area contributed by atoms with E-state index in [1.807, 2.05) is 0 Å². The molecular weight excluding hydrogens is 322 g/mol. The van der Waals surface area contributed by atoms with E-state index in [2.05, 4.69) is 10.1 Å². The van der Waals surface area contributed by atoms with Gasteiger partial charge in [0.2, 0.25) is 11.8 Å². The summed E-state index contributed by atoms with van der Waals surface area (Å²) in [7, 11) is 1.79. The van der Waals surface area contributed by atoms with Crippen LogP contribution < -0.4 is 0 Å². The van der Waals surface area contributed by atoms with Crippen molar-refractivity contribution in [3.8, 4) is 0 Å². The lowest BCUT2D eigenvalue weighted by Gasteiger charge is -2.60. The van der Waals surface area contributed by atoms with Crippen LogP contribution in [0.25, 0.3) is 0 Å². The average molecular weight is 347 g/mol. The van der Waals surface area contributed by atoms with Gasteiger partial charge in [0.15, 0.2) is 5.82 Å². The van der Waals surface area contributed by atoms with Crippen molar-refractivity contribution in [2.24, 2.45) is 17.3 Å². The molecule has 25 heavy (non-hydrogen) atoms. The van der Waals surface area contributed by atoms with Crippen LogP contribution in [0.4, 0.5) is 0 Å². The fourth-order valence-corrected chi connectivity index (χ4v) is 5.94. The number of rotatable bonds is 4. The van der Waals surface area contributed by atoms with Crippen LogP contribution in [-0.2, 0) is 20.9 Å². The zero-order valence-electron chi connectivity index (χ0n) is 15.1. The first kappa shape index (κ1) is 16.5. The molecule has 4 aliphatic rings. The number of carbonyl (C=O) groups is 2. The predicted octanol–water partition coefficient (Wildman–Crippen LogP) is 2.24. The second kappa shape index (κ2) is 5.54. The molecule has 4 fully saturated rings. The van der Waals surface area contributed by atoms with Crippen molar-refractivity contribution in [2.45, 2.75) is 64.5 Å². The molecule has 1 aromatic heterocycles. The van der Waals surface area contributed by atoms with Gasteiger partial charge in [-0.05, 0) is 50.9 Å². The molecule has 0 aliphatic heterocycles. The van der Waals surface area contributed by atoms with Crippen LogP contribution >= 0.6 is 0 Å². The van der Waals surface area contributed by atoms with E-state index >= 15 is 0 Å². The van der Waals surface area contributed by atoms with E-state index in [0.29, 0.717) is 36.5 Å². The van der Waals surface area contributed by atoms with E-state index in [1.165, 1.54) is 6.92 Å². The van der Waals surface area contributed by atoms with Gasteiger partial charge in [-0.25, -0.2) is 0 Å². The molecule has 7 heteroatoms. The summed E-state index contributed by atoms with van der Waals surface area (Å²) in [6.07, 6.45) is 5.43. The second-order valence-electron chi connectivity index (χ2n) is 8.41. The summed E-state index contributed by atoms with van der Waals surface area (Å²) in [5.41, 5.74) is -0.850. The minimum absolute atomic E-state index is 0.119. The number of carbonyl (C=O) groups excluding carboxylic acids is 2. The van der Waals surface area contributed by atoms with Gasteiger partial charge in [0.1, 0.15) is 5.60 Å². The minimum Gasteiger partial charge on any atom is -0.459 e. The Bertz CT molecular complexity index is 699. The van der Waals surface area contributed by atoms with Gasteiger partial charge >= 0.3 is 5.97 Å². The van der Waals surface area contributed by atoms with Crippen LogP contribution in [0.5, 0.6) is 0 Å². The summed E-state index contributed by atoms with van der Waals surface area (Å²) in [5.74, 6) is 1.85. The molecule has 7 nitrogen and oxygen atoms in total. The Morgan fingerprint density at radius 1 is 1.28 bits per heavy atom. The summed E-state index contributed by atoms with van der Waals surface area (Å²) in [5, 5.41) is 3.78. The largest absolute Gasteiger partial charge is 0.459 e. The summed E-state index contributed by atoms with van der Waals surface area (Å²) < 4.78 is 10.9. The van der Waals surface area contributed by atoms with Crippen LogP contribution in [0, 0.1) is 24.2 Å². The fourth-order valence-electron chi connectivity index (χ4n) is 5.94. The third-order valence-corrected chi connectivity index (χ3v) is 6.11. The first-order chi connectivity index (χ1) is 11.8. The molecule has 0 saturated heterocycles. The molecule has 4 bridgehead atoms. The van der Waals surface area contributed by atoms with Gasteiger partial charge in [0.05, 0.1) is 12.0 Å². The van der Waals surface area contributed by atoms with Crippen molar-refractivity contribution < 1.29 is 18.8 Å².